The lowest BCUT2D eigenvalue weighted by Gasteiger charge is -2.03. The van der Waals surface area contributed by atoms with Crippen LogP contribution in [0.2, 0.25) is 0 Å². The predicted molar refractivity (Wildman–Crippen MR) is 51.2 cm³/mol. The number of esters is 1. The molecule has 0 atom stereocenters. The van der Waals surface area contributed by atoms with E-state index in [-0.39, 0.29) is 17.2 Å². The summed E-state index contributed by atoms with van der Waals surface area (Å²) in [5.41, 5.74) is 5.65. The number of nitrogens with two attached hydrogens (primary N) is 1. The highest BCUT2D eigenvalue weighted by Gasteiger charge is 2.13. The van der Waals surface area contributed by atoms with Crippen molar-refractivity contribution < 1.29 is 9.53 Å². The van der Waals surface area contributed by atoms with Gasteiger partial charge in [0.05, 0.1) is 0 Å². The van der Waals surface area contributed by atoms with Gasteiger partial charge >= 0.3 is 5.97 Å². The SMILES string of the molecule is C=CCOC(=O)C(SC#N)=C(C)N. The van der Waals surface area contributed by atoms with Gasteiger partial charge in [0.25, 0.3) is 0 Å². The molecule has 0 aromatic carbocycles. The number of allylic oxidation sites excluding steroid dienone is 1. The molecule has 0 rings (SSSR count). The number of nitriles is 1. The van der Waals surface area contributed by atoms with Gasteiger partial charge in [0.2, 0.25) is 0 Å². The summed E-state index contributed by atoms with van der Waals surface area (Å²) in [5.74, 6) is -0.591. The summed E-state index contributed by atoms with van der Waals surface area (Å²) in [7, 11) is 0. The van der Waals surface area contributed by atoms with E-state index in [1.54, 1.807) is 5.40 Å². The monoisotopic (exact) mass is 198 g/mol. The van der Waals surface area contributed by atoms with Crippen molar-refractivity contribution in [3.05, 3.63) is 23.3 Å². The molecule has 0 saturated carbocycles. The van der Waals surface area contributed by atoms with E-state index in [2.05, 4.69) is 6.58 Å². The van der Waals surface area contributed by atoms with Crippen LogP contribution < -0.4 is 5.73 Å². The van der Waals surface area contributed by atoms with E-state index in [0.717, 1.165) is 0 Å². The molecule has 0 aliphatic rings. The van der Waals surface area contributed by atoms with Crippen LogP contribution in [-0.4, -0.2) is 12.6 Å². The number of ether oxygens (including phenoxy) is 1. The van der Waals surface area contributed by atoms with Crippen molar-refractivity contribution in [2.45, 2.75) is 6.92 Å². The number of carbonyl (C=O) groups excluding carboxylic acids is 1. The maximum Gasteiger partial charge on any atom is 0.347 e. The van der Waals surface area contributed by atoms with Gasteiger partial charge in [-0.2, -0.15) is 5.26 Å². The van der Waals surface area contributed by atoms with E-state index in [4.69, 9.17) is 15.7 Å². The zero-order valence-electron chi connectivity index (χ0n) is 7.24. The average molecular weight is 198 g/mol. The number of thioether (sulfide) groups is 1. The van der Waals surface area contributed by atoms with Gasteiger partial charge in [-0.05, 0) is 18.7 Å². The van der Waals surface area contributed by atoms with Gasteiger partial charge in [0.15, 0.2) is 0 Å². The van der Waals surface area contributed by atoms with Crippen LogP contribution >= 0.6 is 11.8 Å². The molecule has 0 aliphatic heterocycles. The standard InChI is InChI=1S/C8H10N2O2S/c1-3-4-12-8(11)7(6(2)10)13-5-9/h3H,1,4,10H2,2H3. The van der Waals surface area contributed by atoms with Gasteiger partial charge in [-0.1, -0.05) is 12.7 Å². The fourth-order valence-electron chi connectivity index (χ4n) is 0.529. The van der Waals surface area contributed by atoms with Crippen molar-refractivity contribution in [3.8, 4) is 5.40 Å². The van der Waals surface area contributed by atoms with Crippen LogP contribution in [0.4, 0.5) is 0 Å². The molecule has 0 radical (unpaired) electrons. The van der Waals surface area contributed by atoms with Crippen LogP contribution in [0, 0.1) is 10.7 Å². The third-order valence-electron chi connectivity index (χ3n) is 1.02. The number of thiocyanates is 1. The molecule has 4 nitrogen and oxygen atoms in total. The molecular formula is C8H10N2O2S. The Bertz CT molecular complexity index is 274. The number of carbonyl (C=O) groups is 1. The normalized spacial score (nSPS) is 11.1. The second kappa shape index (κ2) is 6.14. The van der Waals surface area contributed by atoms with E-state index in [1.165, 1.54) is 13.0 Å². The second-order valence-corrected chi connectivity index (χ2v) is 2.89. The molecule has 0 aromatic rings. The van der Waals surface area contributed by atoms with Crippen molar-refractivity contribution in [1.82, 2.24) is 0 Å². The van der Waals surface area contributed by atoms with Crippen LogP contribution in [0.1, 0.15) is 6.92 Å². The molecular weight excluding hydrogens is 188 g/mol. The zero-order chi connectivity index (χ0) is 10.3. The first kappa shape index (κ1) is 11.6. The molecule has 0 spiro atoms. The largest absolute Gasteiger partial charge is 0.457 e. The lowest BCUT2D eigenvalue weighted by atomic mass is 10.4. The second-order valence-electron chi connectivity index (χ2n) is 2.09. The van der Waals surface area contributed by atoms with Gasteiger partial charge < -0.3 is 10.5 Å². The van der Waals surface area contributed by atoms with Gasteiger partial charge in [-0.25, -0.2) is 4.79 Å². The molecule has 0 saturated heterocycles. The van der Waals surface area contributed by atoms with E-state index >= 15 is 0 Å². The highest BCUT2D eigenvalue weighted by atomic mass is 32.2. The summed E-state index contributed by atoms with van der Waals surface area (Å²) in [6.45, 7) is 5.04. The minimum atomic E-state index is -0.591. The maximum absolute atomic E-state index is 11.2. The Hall–Kier alpha value is -1.41. The smallest absolute Gasteiger partial charge is 0.347 e. The summed E-state index contributed by atoms with van der Waals surface area (Å²) in [5, 5.41) is 10.1. The third kappa shape index (κ3) is 4.23. The van der Waals surface area contributed by atoms with Crippen LogP contribution in [-0.2, 0) is 9.53 Å². The lowest BCUT2D eigenvalue weighted by molar-refractivity contribution is -0.137. The highest BCUT2D eigenvalue weighted by Crippen LogP contribution is 2.17. The molecule has 2 N–H and O–H groups in total. The topological polar surface area (TPSA) is 76.1 Å². The molecule has 0 amide bonds. The summed E-state index contributed by atoms with van der Waals surface area (Å²) in [4.78, 5) is 11.3. The quantitative estimate of drug-likeness (QED) is 0.317. The molecule has 13 heavy (non-hydrogen) atoms. The van der Waals surface area contributed by atoms with Gasteiger partial charge in [0.1, 0.15) is 16.9 Å². The fraction of sp³-hybridized carbons (Fsp3) is 0.250. The number of hydrogen-bond donors (Lipinski definition) is 1. The third-order valence-corrected chi connectivity index (χ3v) is 1.81. The minimum Gasteiger partial charge on any atom is -0.457 e. The van der Waals surface area contributed by atoms with E-state index in [1.807, 2.05) is 0 Å². The molecule has 0 heterocycles. The van der Waals surface area contributed by atoms with E-state index in [0.29, 0.717) is 11.8 Å². The van der Waals surface area contributed by atoms with Crippen LogP contribution in [0.15, 0.2) is 23.3 Å². The first-order valence-electron chi connectivity index (χ1n) is 3.43. The van der Waals surface area contributed by atoms with Crippen LogP contribution in [0.3, 0.4) is 0 Å². The molecule has 5 heteroatoms. The first-order valence-corrected chi connectivity index (χ1v) is 4.25. The number of hydrogen-bond acceptors (Lipinski definition) is 5. The predicted octanol–water partition coefficient (Wildman–Crippen LogP) is 1.12. The average Bonchev–Trinajstić information content (AvgIpc) is 2.09. The Morgan fingerprint density at radius 1 is 1.85 bits per heavy atom. The first-order chi connectivity index (χ1) is 6.13. The van der Waals surface area contributed by atoms with E-state index in [9.17, 15) is 4.79 Å². The lowest BCUT2D eigenvalue weighted by Crippen LogP contribution is -2.10. The van der Waals surface area contributed by atoms with E-state index < -0.39 is 5.97 Å². The Kier molecular flexibility index (Phi) is 5.48. The summed E-state index contributed by atoms with van der Waals surface area (Å²) in [6.07, 6.45) is 1.44. The number of nitrogens with zero attached hydrogens (tertiary/aromatic N) is 1. The molecule has 70 valence electrons. The van der Waals surface area contributed by atoms with Crippen LogP contribution in [0.25, 0.3) is 0 Å². The summed E-state index contributed by atoms with van der Waals surface area (Å²) < 4.78 is 4.70. The highest BCUT2D eigenvalue weighted by molar-refractivity contribution is 8.08. The van der Waals surface area contributed by atoms with Gasteiger partial charge in [0, 0.05) is 5.70 Å². The fourth-order valence-corrected chi connectivity index (χ4v) is 0.923. The Morgan fingerprint density at radius 3 is 2.85 bits per heavy atom. The Balaban J connectivity index is 4.41. The van der Waals surface area contributed by atoms with Gasteiger partial charge in [-0.15, -0.1) is 0 Å². The summed E-state index contributed by atoms with van der Waals surface area (Å²) in [6, 6.07) is 0. The van der Waals surface area contributed by atoms with Crippen molar-refractivity contribution in [3.63, 3.8) is 0 Å². The van der Waals surface area contributed by atoms with Crippen molar-refractivity contribution in [2.75, 3.05) is 6.61 Å². The maximum atomic E-state index is 11.2. The van der Waals surface area contributed by atoms with Crippen molar-refractivity contribution in [1.29, 1.82) is 5.26 Å². The Labute approximate surface area is 81.0 Å². The molecule has 0 unspecified atom stereocenters. The van der Waals surface area contributed by atoms with Crippen LogP contribution in [0.5, 0.6) is 0 Å². The van der Waals surface area contributed by atoms with Crippen molar-refractivity contribution >= 4 is 17.7 Å². The zero-order valence-corrected chi connectivity index (χ0v) is 8.06. The Morgan fingerprint density at radius 2 is 2.46 bits per heavy atom. The minimum absolute atomic E-state index is 0.113. The number of rotatable bonds is 4. The molecule has 0 fully saturated rings. The van der Waals surface area contributed by atoms with Gasteiger partial charge in [-0.3, -0.25) is 0 Å². The van der Waals surface area contributed by atoms with Crippen molar-refractivity contribution in [2.24, 2.45) is 5.73 Å². The summed E-state index contributed by atoms with van der Waals surface area (Å²) >= 11 is 0.694. The molecule has 0 aromatic heterocycles. The molecule has 0 bridgehead atoms. The molecule has 0 aliphatic carbocycles.